The highest BCUT2D eigenvalue weighted by molar-refractivity contribution is 5.81. The van der Waals surface area contributed by atoms with E-state index in [4.69, 9.17) is 5.73 Å². The minimum atomic E-state index is -0.418. The van der Waals surface area contributed by atoms with Crippen LogP contribution in [0.1, 0.15) is 32.1 Å². The Hall–Kier alpha value is -0.830. The van der Waals surface area contributed by atoms with Crippen LogP contribution < -0.4 is 11.1 Å². The summed E-state index contributed by atoms with van der Waals surface area (Å²) in [5, 5.41) is 2.95. The van der Waals surface area contributed by atoms with Crippen LogP contribution in [0.4, 0.5) is 0 Å². The van der Waals surface area contributed by atoms with Crippen molar-refractivity contribution in [3.8, 4) is 0 Å². The summed E-state index contributed by atoms with van der Waals surface area (Å²) < 4.78 is 0. The van der Waals surface area contributed by atoms with Crippen LogP contribution in [0.5, 0.6) is 0 Å². The van der Waals surface area contributed by atoms with Crippen molar-refractivity contribution in [1.29, 1.82) is 0 Å². The molecule has 3 N–H and O–H groups in total. The lowest BCUT2D eigenvalue weighted by molar-refractivity contribution is -0.122. The number of carbonyl (C=O) groups is 1. The summed E-state index contributed by atoms with van der Waals surface area (Å²) in [6.45, 7) is 3.55. The molecule has 1 fully saturated rings. The summed E-state index contributed by atoms with van der Waals surface area (Å²) in [5.41, 5.74) is 5.62. The fourth-order valence-corrected chi connectivity index (χ4v) is 1.66. The summed E-state index contributed by atoms with van der Waals surface area (Å²) in [6.07, 6.45) is 6.89. The van der Waals surface area contributed by atoms with Crippen LogP contribution in [0.2, 0.25) is 0 Å². The van der Waals surface area contributed by atoms with Crippen molar-refractivity contribution in [1.82, 2.24) is 5.32 Å². The van der Waals surface area contributed by atoms with Gasteiger partial charge in [0.15, 0.2) is 0 Å². The lowest BCUT2D eigenvalue weighted by Crippen LogP contribution is -2.44. The molecule has 0 radical (unpaired) electrons. The zero-order chi connectivity index (χ0) is 9.68. The Morgan fingerprint density at radius 2 is 2.23 bits per heavy atom. The lowest BCUT2D eigenvalue weighted by Gasteiger charge is -2.15. The largest absolute Gasteiger partial charge is 0.352 e. The van der Waals surface area contributed by atoms with Crippen LogP contribution >= 0.6 is 0 Å². The van der Waals surface area contributed by atoms with Crippen LogP contribution in [-0.4, -0.2) is 18.0 Å². The van der Waals surface area contributed by atoms with E-state index in [9.17, 15) is 4.79 Å². The van der Waals surface area contributed by atoms with Crippen molar-refractivity contribution in [2.45, 2.75) is 44.2 Å². The second kappa shape index (κ2) is 5.02. The molecule has 0 saturated heterocycles. The van der Waals surface area contributed by atoms with Crippen molar-refractivity contribution >= 4 is 5.91 Å². The van der Waals surface area contributed by atoms with Gasteiger partial charge in [-0.05, 0) is 19.3 Å². The fourth-order valence-electron chi connectivity index (χ4n) is 1.66. The highest BCUT2D eigenvalue weighted by atomic mass is 16.2. The van der Waals surface area contributed by atoms with Crippen LogP contribution in [0.15, 0.2) is 12.7 Å². The van der Waals surface area contributed by atoms with E-state index in [0.29, 0.717) is 12.5 Å². The maximum Gasteiger partial charge on any atom is 0.237 e. The number of amides is 1. The first kappa shape index (κ1) is 10.3. The van der Waals surface area contributed by atoms with Crippen molar-refractivity contribution in [3.05, 3.63) is 12.7 Å². The maximum absolute atomic E-state index is 11.4. The molecular weight excluding hydrogens is 164 g/mol. The smallest absolute Gasteiger partial charge is 0.237 e. The molecule has 1 aliphatic carbocycles. The Kier molecular flexibility index (Phi) is 3.96. The molecule has 74 valence electrons. The van der Waals surface area contributed by atoms with Gasteiger partial charge in [0.2, 0.25) is 5.91 Å². The van der Waals surface area contributed by atoms with Crippen molar-refractivity contribution in [3.63, 3.8) is 0 Å². The monoisotopic (exact) mass is 182 g/mol. The number of carbonyl (C=O) groups excluding carboxylic acids is 1. The zero-order valence-corrected chi connectivity index (χ0v) is 7.96. The molecule has 1 atom stereocenters. The summed E-state index contributed by atoms with van der Waals surface area (Å²) in [6, 6.07) is -0.0542. The molecule has 1 aliphatic rings. The van der Waals surface area contributed by atoms with Gasteiger partial charge in [0.1, 0.15) is 0 Å². The van der Waals surface area contributed by atoms with Crippen LogP contribution in [0.3, 0.4) is 0 Å². The first-order valence-electron chi connectivity index (χ1n) is 4.91. The summed E-state index contributed by atoms with van der Waals surface area (Å²) in [7, 11) is 0. The third-order valence-electron chi connectivity index (χ3n) is 2.46. The number of hydrogen-bond donors (Lipinski definition) is 2. The van der Waals surface area contributed by atoms with E-state index in [0.717, 1.165) is 12.8 Å². The predicted octanol–water partition coefficient (Wildman–Crippen LogP) is 0.949. The van der Waals surface area contributed by atoms with Gasteiger partial charge in [-0.25, -0.2) is 0 Å². The fraction of sp³-hybridized carbons (Fsp3) is 0.700. The average Bonchev–Trinajstić information content (AvgIpc) is 2.57. The second-order valence-corrected chi connectivity index (χ2v) is 3.62. The number of nitrogens with one attached hydrogen (secondary N) is 1. The van der Waals surface area contributed by atoms with E-state index in [1.54, 1.807) is 6.08 Å². The average molecular weight is 182 g/mol. The maximum atomic E-state index is 11.4. The molecule has 1 amide bonds. The van der Waals surface area contributed by atoms with Gasteiger partial charge < -0.3 is 11.1 Å². The number of nitrogens with two attached hydrogens (primary N) is 1. The lowest BCUT2D eigenvalue weighted by atomic mass is 10.2. The highest BCUT2D eigenvalue weighted by Gasteiger charge is 2.19. The van der Waals surface area contributed by atoms with Crippen molar-refractivity contribution in [2.75, 3.05) is 0 Å². The Labute approximate surface area is 79.4 Å². The SMILES string of the molecule is C=CCC(N)C(=O)NC1CCCC1. The van der Waals surface area contributed by atoms with Crippen molar-refractivity contribution in [2.24, 2.45) is 5.73 Å². The molecule has 0 spiro atoms. The number of rotatable bonds is 4. The van der Waals surface area contributed by atoms with E-state index in [1.807, 2.05) is 0 Å². The van der Waals surface area contributed by atoms with Gasteiger partial charge in [0.05, 0.1) is 6.04 Å². The Balaban J connectivity index is 2.26. The molecule has 1 unspecified atom stereocenters. The molecule has 1 saturated carbocycles. The number of hydrogen-bond acceptors (Lipinski definition) is 2. The quantitative estimate of drug-likeness (QED) is 0.636. The Morgan fingerprint density at radius 1 is 1.62 bits per heavy atom. The van der Waals surface area contributed by atoms with E-state index in [2.05, 4.69) is 11.9 Å². The van der Waals surface area contributed by atoms with Gasteiger partial charge in [0.25, 0.3) is 0 Å². The normalized spacial score (nSPS) is 19.8. The first-order valence-corrected chi connectivity index (χ1v) is 4.91. The van der Waals surface area contributed by atoms with Crippen molar-refractivity contribution < 1.29 is 4.79 Å². The molecule has 0 aromatic carbocycles. The van der Waals surface area contributed by atoms with Gasteiger partial charge in [0, 0.05) is 6.04 Å². The Bertz CT molecular complexity index is 185. The van der Waals surface area contributed by atoms with Gasteiger partial charge >= 0.3 is 0 Å². The molecule has 13 heavy (non-hydrogen) atoms. The van der Waals surface area contributed by atoms with E-state index in [1.165, 1.54) is 12.8 Å². The first-order chi connectivity index (χ1) is 6.24. The standard InChI is InChI=1S/C10H18N2O/c1-2-5-9(11)10(13)12-8-6-3-4-7-8/h2,8-9H,1,3-7,11H2,(H,12,13). The molecule has 0 bridgehead atoms. The van der Waals surface area contributed by atoms with Gasteiger partial charge in [-0.2, -0.15) is 0 Å². The van der Waals surface area contributed by atoms with Crippen LogP contribution in [0.25, 0.3) is 0 Å². The third kappa shape index (κ3) is 3.19. The molecule has 1 rings (SSSR count). The predicted molar refractivity (Wildman–Crippen MR) is 53.2 cm³/mol. The van der Waals surface area contributed by atoms with Gasteiger partial charge in [-0.15, -0.1) is 6.58 Å². The van der Waals surface area contributed by atoms with Crippen LogP contribution in [0, 0.1) is 0 Å². The topological polar surface area (TPSA) is 55.1 Å². The molecule has 0 aliphatic heterocycles. The minimum absolute atomic E-state index is 0.0354. The van der Waals surface area contributed by atoms with Gasteiger partial charge in [-0.1, -0.05) is 18.9 Å². The van der Waals surface area contributed by atoms with E-state index < -0.39 is 6.04 Å². The molecule has 3 heteroatoms. The molecule has 0 heterocycles. The second-order valence-electron chi connectivity index (χ2n) is 3.62. The summed E-state index contributed by atoms with van der Waals surface area (Å²) in [4.78, 5) is 11.4. The molecular formula is C10H18N2O. The van der Waals surface area contributed by atoms with E-state index >= 15 is 0 Å². The zero-order valence-electron chi connectivity index (χ0n) is 7.96. The summed E-state index contributed by atoms with van der Waals surface area (Å²) in [5.74, 6) is -0.0354. The van der Waals surface area contributed by atoms with E-state index in [-0.39, 0.29) is 5.91 Å². The molecule has 0 aromatic rings. The third-order valence-corrected chi connectivity index (χ3v) is 2.46. The summed E-state index contributed by atoms with van der Waals surface area (Å²) >= 11 is 0. The molecule has 3 nitrogen and oxygen atoms in total. The van der Waals surface area contributed by atoms with Crippen LogP contribution in [-0.2, 0) is 4.79 Å². The Morgan fingerprint density at radius 3 is 2.77 bits per heavy atom. The van der Waals surface area contributed by atoms with Gasteiger partial charge in [-0.3, -0.25) is 4.79 Å². The molecule has 0 aromatic heterocycles. The highest BCUT2D eigenvalue weighted by Crippen LogP contribution is 2.17. The minimum Gasteiger partial charge on any atom is -0.352 e.